The lowest BCUT2D eigenvalue weighted by atomic mass is 10.2. The first kappa shape index (κ1) is 14.7. The van der Waals surface area contributed by atoms with Gasteiger partial charge in [-0.3, -0.25) is 4.79 Å². The van der Waals surface area contributed by atoms with E-state index in [2.05, 4.69) is 15.3 Å². The summed E-state index contributed by atoms with van der Waals surface area (Å²) in [4.78, 5) is 21.2. The van der Waals surface area contributed by atoms with Gasteiger partial charge in [-0.1, -0.05) is 18.5 Å². The number of aromatic nitrogens is 2. The van der Waals surface area contributed by atoms with Crippen molar-refractivity contribution in [3.63, 3.8) is 0 Å². The Kier molecular flexibility index (Phi) is 5.80. The topological polar surface area (TPSA) is 78.4 Å². The molecule has 0 unspecified atom stereocenters. The smallest absolute Gasteiger partial charge is 0.239 e. The molecule has 1 amide bonds. The molecule has 0 radical (unpaired) electrons. The van der Waals surface area contributed by atoms with Gasteiger partial charge in [-0.25, -0.2) is 9.97 Å². The average molecular weight is 273 g/mol. The lowest BCUT2D eigenvalue weighted by Crippen LogP contribution is -2.37. The number of hydrogen-bond acceptors (Lipinski definition) is 5. The number of anilines is 1. The summed E-state index contributed by atoms with van der Waals surface area (Å²) in [5.41, 5.74) is 0.441. The van der Waals surface area contributed by atoms with Crippen molar-refractivity contribution in [1.82, 2.24) is 15.3 Å². The Balaban J connectivity index is 3.04. The van der Waals surface area contributed by atoms with Crippen molar-refractivity contribution in [3.05, 3.63) is 17.0 Å². The van der Waals surface area contributed by atoms with Gasteiger partial charge in [-0.05, 0) is 6.42 Å². The molecule has 1 aromatic rings. The second-order valence-corrected chi connectivity index (χ2v) is 4.08. The van der Waals surface area contributed by atoms with Crippen molar-refractivity contribution in [2.75, 3.05) is 25.0 Å². The van der Waals surface area contributed by atoms with Crippen LogP contribution in [-0.4, -0.2) is 41.1 Å². The van der Waals surface area contributed by atoms with Gasteiger partial charge in [0, 0.05) is 13.6 Å². The van der Waals surface area contributed by atoms with Crippen LogP contribution in [0.15, 0.2) is 6.33 Å². The van der Waals surface area contributed by atoms with Gasteiger partial charge < -0.3 is 15.3 Å². The molecule has 0 aliphatic heterocycles. The summed E-state index contributed by atoms with van der Waals surface area (Å²) in [5.74, 6) is 0.380. The normalized spacial score (nSPS) is 10.2. The highest BCUT2D eigenvalue weighted by Gasteiger charge is 2.17. The van der Waals surface area contributed by atoms with Crippen LogP contribution >= 0.6 is 11.6 Å². The molecule has 2 N–H and O–H groups in total. The van der Waals surface area contributed by atoms with E-state index in [0.29, 0.717) is 17.9 Å². The van der Waals surface area contributed by atoms with E-state index in [-0.39, 0.29) is 24.2 Å². The minimum Gasteiger partial charge on any atom is -0.391 e. The quantitative estimate of drug-likeness (QED) is 0.741. The number of aliphatic hydroxyl groups excluding tert-OH is 1. The van der Waals surface area contributed by atoms with E-state index in [1.807, 2.05) is 6.92 Å². The Hall–Kier alpha value is -1.40. The Morgan fingerprint density at radius 1 is 1.56 bits per heavy atom. The van der Waals surface area contributed by atoms with Gasteiger partial charge in [0.05, 0.1) is 18.7 Å². The lowest BCUT2D eigenvalue weighted by molar-refractivity contribution is -0.119. The van der Waals surface area contributed by atoms with Crippen molar-refractivity contribution in [3.8, 4) is 0 Å². The van der Waals surface area contributed by atoms with E-state index in [0.717, 1.165) is 6.42 Å². The molecule has 1 aromatic heterocycles. The van der Waals surface area contributed by atoms with Crippen LogP contribution in [0.1, 0.15) is 18.9 Å². The molecule has 7 heteroatoms. The maximum atomic E-state index is 11.5. The van der Waals surface area contributed by atoms with Gasteiger partial charge in [0.2, 0.25) is 5.91 Å². The molecule has 100 valence electrons. The fraction of sp³-hybridized carbons (Fsp3) is 0.545. The number of halogens is 1. The molecule has 0 fully saturated rings. The van der Waals surface area contributed by atoms with Crippen molar-refractivity contribution in [2.45, 2.75) is 20.0 Å². The van der Waals surface area contributed by atoms with E-state index in [9.17, 15) is 9.90 Å². The Morgan fingerprint density at radius 2 is 2.28 bits per heavy atom. The maximum Gasteiger partial charge on any atom is 0.239 e. The number of likely N-dealkylation sites (N-methyl/N-ethyl adjacent to an activating group) is 1. The van der Waals surface area contributed by atoms with Gasteiger partial charge in [0.25, 0.3) is 0 Å². The van der Waals surface area contributed by atoms with Gasteiger partial charge in [0.1, 0.15) is 17.3 Å². The van der Waals surface area contributed by atoms with Crippen LogP contribution in [0, 0.1) is 0 Å². The third-order valence-electron chi connectivity index (χ3n) is 2.43. The molecule has 0 spiro atoms. The molecule has 18 heavy (non-hydrogen) atoms. The lowest BCUT2D eigenvalue weighted by Gasteiger charge is -2.24. The molecule has 6 nitrogen and oxygen atoms in total. The number of rotatable bonds is 6. The standard InChI is InChI=1S/C11H17ClN4O2/c1-3-4-16(5-9(18)13-2)11-8(6-17)10(12)14-7-15-11/h7,17H,3-6H2,1-2H3,(H,13,18). The van der Waals surface area contributed by atoms with Crippen LogP contribution in [0.5, 0.6) is 0 Å². The predicted octanol–water partition coefficient (Wildman–Crippen LogP) is 0.585. The molecular formula is C11H17ClN4O2. The number of hydrogen-bond donors (Lipinski definition) is 2. The molecule has 0 aliphatic carbocycles. The molecule has 0 saturated heterocycles. The van der Waals surface area contributed by atoms with Crippen LogP contribution in [0.3, 0.4) is 0 Å². The first-order chi connectivity index (χ1) is 8.63. The highest BCUT2D eigenvalue weighted by atomic mass is 35.5. The van der Waals surface area contributed by atoms with Gasteiger partial charge in [-0.15, -0.1) is 0 Å². The first-order valence-electron chi connectivity index (χ1n) is 5.69. The fourth-order valence-corrected chi connectivity index (χ4v) is 1.76. The van der Waals surface area contributed by atoms with Gasteiger partial charge >= 0.3 is 0 Å². The Labute approximate surface area is 111 Å². The predicted molar refractivity (Wildman–Crippen MR) is 69.5 cm³/mol. The molecule has 1 heterocycles. The van der Waals surface area contributed by atoms with Crippen LogP contribution in [0.2, 0.25) is 5.15 Å². The van der Waals surface area contributed by atoms with Crippen LogP contribution in [-0.2, 0) is 11.4 Å². The summed E-state index contributed by atoms with van der Waals surface area (Å²) in [6.07, 6.45) is 2.17. The maximum absolute atomic E-state index is 11.5. The van der Waals surface area contributed by atoms with E-state index in [4.69, 9.17) is 11.6 Å². The number of carbonyl (C=O) groups excluding carboxylic acids is 1. The number of carbonyl (C=O) groups is 1. The SMILES string of the molecule is CCCN(CC(=O)NC)c1ncnc(Cl)c1CO. The van der Waals surface area contributed by atoms with Crippen molar-refractivity contribution >= 4 is 23.3 Å². The first-order valence-corrected chi connectivity index (χ1v) is 6.07. The minimum absolute atomic E-state index is 0.123. The van der Waals surface area contributed by atoms with E-state index < -0.39 is 0 Å². The zero-order valence-electron chi connectivity index (χ0n) is 10.5. The number of nitrogens with zero attached hydrogens (tertiary/aromatic N) is 3. The second kappa shape index (κ2) is 7.13. The molecule has 0 atom stereocenters. The molecule has 0 aliphatic rings. The van der Waals surface area contributed by atoms with Crippen molar-refractivity contribution < 1.29 is 9.90 Å². The number of nitrogens with one attached hydrogen (secondary N) is 1. The number of aliphatic hydroxyl groups is 1. The molecule has 1 rings (SSSR count). The van der Waals surface area contributed by atoms with E-state index >= 15 is 0 Å². The summed E-state index contributed by atoms with van der Waals surface area (Å²) in [5, 5.41) is 12.1. The summed E-state index contributed by atoms with van der Waals surface area (Å²) < 4.78 is 0. The minimum atomic E-state index is -0.261. The summed E-state index contributed by atoms with van der Waals surface area (Å²) in [7, 11) is 1.58. The summed E-state index contributed by atoms with van der Waals surface area (Å²) >= 11 is 5.91. The molecule has 0 aromatic carbocycles. The molecular weight excluding hydrogens is 256 g/mol. The highest BCUT2D eigenvalue weighted by Crippen LogP contribution is 2.23. The van der Waals surface area contributed by atoms with Crippen LogP contribution < -0.4 is 10.2 Å². The van der Waals surface area contributed by atoms with Crippen LogP contribution in [0.4, 0.5) is 5.82 Å². The Morgan fingerprint density at radius 3 is 2.83 bits per heavy atom. The molecule has 0 bridgehead atoms. The summed E-state index contributed by atoms with van der Waals surface area (Å²) in [6.45, 7) is 2.56. The largest absolute Gasteiger partial charge is 0.391 e. The van der Waals surface area contributed by atoms with E-state index in [1.165, 1.54) is 6.33 Å². The monoisotopic (exact) mass is 272 g/mol. The van der Waals surface area contributed by atoms with Crippen molar-refractivity contribution in [2.24, 2.45) is 0 Å². The number of amides is 1. The zero-order valence-corrected chi connectivity index (χ0v) is 11.2. The fourth-order valence-electron chi connectivity index (χ4n) is 1.57. The summed E-state index contributed by atoms with van der Waals surface area (Å²) in [6, 6.07) is 0. The van der Waals surface area contributed by atoms with Crippen LogP contribution in [0.25, 0.3) is 0 Å². The van der Waals surface area contributed by atoms with Gasteiger partial charge in [-0.2, -0.15) is 0 Å². The second-order valence-electron chi connectivity index (χ2n) is 3.72. The average Bonchev–Trinajstić information content (AvgIpc) is 2.37. The van der Waals surface area contributed by atoms with Gasteiger partial charge in [0.15, 0.2) is 0 Å². The third kappa shape index (κ3) is 3.54. The van der Waals surface area contributed by atoms with E-state index in [1.54, 1.807) is 11.9 Å². The Bertz CT molecular complexity index is 414. The zero-order chi connectivity index (χ0) is 13.5. The molecule has 0 saturated carbocycles. The highest BCUT2D eigenvalue weighted by molar-refractivity contribution is 6.30. The third-order valence-corrected chi connectivity index (χ3v) is 2.76. The van der Waals surface area contributed by atoms with Crippen molar-refractivity contribution in [1.29, 1.82) is 0 Å².